The lowest BCUT2D eigenvalue weighted by atomic mass is 9.83. The van der Waals surface area contributed by atoms with E-state index in [1.54, 1.807) is 33.2 Å². The van der Waals surface area contributed by atoms with Gasteiger partial charge in [0.1, 0.15) is 12.9 Å². The van der Waals surface area contributed by atoms with Crippen molar-refractivity contribution in [1.82, 2.24) is 15.6 Å². The van der Waals surface area contributed by atoms with Crippen LogP contribution < -0.4 is 20.7 Å². The molecule has 3 atom stereocenters. The van der Waals surface area contributed by atoms with Crippen LogP contribution in [0.3, 0.4) is 0 Å². The molecule has 3 heterocycles. The van der Waals surface area contributed by atoms with Crippen LogP contribution in [0.2, 0.25) is 5.02 Å². The number of hydrogen-bond acceptors (Lipinski definition) is 5. The standard InChI is InChI=1S/C29H25ClFN3O3.C12H24N2O/c1-15-8-9-17-14-23(33-28(37-4)24(15)17)18-6-5-7-19(26(18)30)25-16(2)22(11-10-21(25)31)32-27(35)20-12-13-34(3)29(20)36;1-4-10(3)6-7-12(5-2)8-9-13-11(15)14-12/h5-7,10-15H,8-9H2,1-4H3;10H,4-9H2,1-3H3,(H2,13,14,15)/p+1/t;10-,12?/m.1/s1. The molecule has 3 N–H and O–H groups in total. The Morgan fingerprint density at radius 2 is 1.96 bits per heavy atom. The van der Waals surface area contributed by atoms with Crippen LogP contribution >= 0.6 is 11.6 Å². The Morgan fingerprint density at radius 1 is 1.21 bits per heavy atom. The molecular weight excluding hydrogens is 681 g/mol. The number of nitrogens with one attached hydrogen (secondary N) is 3. The number of hydrogen-bond donors (Lipinski definition) is 3. The van der Waals surface area contributed by atoms with Crippen molar-refractivity contribution >= 4 is 41.3 Å². The number of rotatable bonds is 10. The molecule has 3 aliphatic rings. The molecule has 2 unspecified atom stereocenters. The Labute approximate surface area is 311 Å². The van der Waals surface area contributed by atoms with Gasteiger partial charge in [-0.2, -0.15) is 4.58 Å². The highest BCUT2D eigenvalue weighted by Gasteiger charge is 2.33. The molecule has 1 aliphatic carbocycles. The summed E-state index contributed by atoms with van der Waals surface area (Å²) in [4.78, 5) is 41.0. The number of fused-ring (bicyclic) bond motifs is 1. The van der Waals surface area contributed by atoms with Gasteiger partial charge < -0.3 is 20.7 Å². The van der Waals surface area contributed by atoms with Crippen molar-refractivity contribution < 1.29 is 28.1 Å². The van der Waals surface area contributed by atoms with Gasteiger partial charge in [0.05, 0.1) is 17.8 Å². The van der Waals surface area contributed by atoms with Crippen molar-refractivity contribution in [3.05, 3.63) is 75.6 Å². The van der Waals surface area contributed by atoms with Crippen LogP contribution in [-0.4, -0.2) is 59.9 Å². The summed E-state index contributed by atoms with van der Waals surface area (Å²) in [5.41, 5.74) is 5.32. The lowest BCUT2D eigenvalue weighted by Crippen LogP contribution is -2.58. The molecular formula is C41H50ClFN5O4+. The number of nitrogens with zero attached hydrogens (tertiary/aromatic N) is 2. The molecule has 3 aromatic rings. The van der Waals surface area contributed by atoms with E-state index < -0.39 is 17.6 Å². The van der Waals surface area contributed by atoms with Crippen molar-refractivity contribution in [2.45, 2.75) is 91.0 Å². The average molecular weight is 731 g/mol. The second-order valence-corrected chi connectivity index (χ2v) is 14.6. The number of aromatic nitrogens is 1. The number of urea groups is 1. The first-order valence-corrected chi connectivity index (χ1v) is 18.6. The predicted octanol–water partition coefficient (Wildman–Crippen LogP) is 8.36. The number of methoxy groups -OCH3 is 1. The molecule has 276 valence electrons. The van der Waals surface area contributed by atoms with Gasteiger partial charge in [-0.25, -0.2) is 19.0 Å². The minimum absolute atomic E-state index is 0.00671. The van der Waals surface area contributed by atoms with Crippen molar-refractivity contribution in [2.75, 3.05) is 26.0 Å². The van der Waals surface area contributed by atoms with Crippen LogP contribution in [0.25, 0.3) is 22.4 Å². The number of likely N-dealkylation sites (N-methyl/N-ethyl adjacent to an activating group) is 1. The molecule has 0 radical (unpaired) electrons. The van der Waals surface area contributed by atoms with Crippen LogP contribution in [0.4, 0.5) is 14.9 Å². The Hall–Kier alpha value is -4.57. The van der Waals surface area contributed by atoms with Crippen LogP contribution in [-0.2, 0) is 16.0 Å². The summed E-state index contributed by atoms with van der Waals surface area (Å²) >= 11 is 6.90. The van der Waals surface area contributed by atoms with Gasteiger partial charge in [0.15, 0.2) is 11.8 Å². The molecule has 1 fully saturated rings. The maximum Gasteiger partial charge on any atom is 0.425 e. The Bertz CT molecular complexity index is 1940. The van der Waals surface area contributed by atoms with Gasteiger partial charge >= 0.3 is 11.9 Å². The fraction of sp³-hybridized carbons (Fsp3) is 0.439. The molecule has 0 saturated carbocycles. The topological polar surface area (TPSA) is 112 Å². The van der Waals surface area contributed by atoms with Crippen LogP contribution in [0.15, 0.2) is 48.0 Å². The summed E-state index contributed by atoms with van der Waals surface area (Å²) in [5, 5.41) is 9.02. The predicted molar refractivity (Wildman–Crippen MR) is 205 cm³/mol. The van der Waals surface area contributed by atoms with Gasteiger partial charge in [-0.1, -0.05) is 63.9 Å². The Morgan fingerprint density at radius 3 is 2.62 bits per heavy atom. The zero-order valence-electron chi connectivity index (χ0n) is 31.2. The highest BCUT2D eigenvalue weighted by Crippen LogP contribution is 2.44. The van der Waals surface area contributed by atoms with E-state index in [0.29, 0.717) is 44.9 Å². The van der Waals surface area contributed by atoms with Crippen molar-refractivity contribution in [3.8, 4) is 28.3 Å². The number of amides is 4. The van der Waals surface area contributed by atoms with Gasteiger partial charge in [-0.3, -0.25) is 4.79 Å². The maximum absolute atomic E-state index is 15.2. The van der Waals surface area contributed by atoms with Crippen LogP contribution in [0, 0.1) is 18.7 Å². The van der Waals surface area contributed by atoms with E-state index in [-0.39, 0.29) is 22.7 Å². The number of anilines is 1. The van der Waals surface area contributed by atoms with E-state index in [2.05, 4.69) is 43.6 Å². The molecule has 4 amide bonds. The number of halogens is 2. The molecule has 9 nitrogen and oxygen atoms in total. The first-order chi connectivity index (χ1) is 24.8. The van der Waals surface area contributed by atoms with Gasteiger partial charge in [-0.15, -0.1) is 0 Å². The Balaban J connectivity index is 0.000000293. The summed E-state index contributed by atoms with van der Waals surface area (Å²) < 4.78 is 22.2. The molecule has 6 rings (SSSR count). The van der Waals surface area contributed by atoms with Crippen LogP contribution in [0.5, 0.6) is 5.88 Å². The van der Waals surface area contributed by atoms with Gasteiger partial charge in [0, 0.05) is 46.1 Å². The fourth-order valence-electron chi connectivity index (χ4n) is 7.19. The van der Waals surface area contributed by atoms with E-state index in [4.69, 9.17) is 21.3 Å². The van der Waals surface area contributed by atoms with E-state index in [1.807, 2.05) is 12.1 Å². The third-order valence-electron chi connectivity index (χ3n) is 10.9. The Kier molecular flexibility index (Phi) is 12.2. The molecule has 2 aromatic carbocycles. The molecule has 0 spiro atoms. The molecule has 1 saturated heterocycles. The van der Waals surface area contributed by atoms with Gasteiger partial charge in [0.25, 0.3) is 5.91 Å². The summed E-state index contributed by atoms with van der Waals surface area (Å²) in [7, 11) is 3.18. The molecule has 1 aromatic heterocycles. The maximum atomic E-state index is 15.2. The second kappa shape index (κ2) is 16.4. The third-order valence-corrected chi connectivity index (χ3v) is 11.3. The minimum atomic E-state index is -0.560. The lowest BCUT2D eigenvalue weighted by Gasteiger charge is -2.38. The summed E-state index contributed by atoms with van der Waals surface area (Å²) in [5.74, 6) is 0.281. The number of benzene rings is 2. The smallest absolute Gasteiger partial charge is 0.425 e. The van der Waals surface area contributed by atoms with Gasteiger partial charge in [-0.05, 0) is 86.6 Å². The molecule has 52 heavy (non-hydrogen) atoms. The number of ether oxygens (including phenoxy) is 1. The first kappa shape index (κ1) is 38.7. The van der Waals surface area contributed by atoms with Crippen LogP contribution in [0.1, 0.15) is 88.8 Å². The summed E-state index contributed by atoms with van der Waals surface area (Å²) in [6.07, 6.45) is 10.6. The second-order valence-electron chi connectivity index (χ2n) is 14.2. The van der Waals surface area contributed by atoms with E-state index in [1.165, 1.54) is 47.4 Å². The number of allylic oxidation sites excluding steroid dienone is 1. The normalized spacial score (nSPS) is 19.8. The largest absolute Gasteiger partial charge is 0.481 e. The zero-order valence-corrected chi connectivity index (χ0v) is 32.0. The van der Waals surface area contributed by atoms with Crippen molar-refractivity contribution in [1.29, 1.82) is 0 Å². The summed E-state index contributed by atoms with van der Waals surface area (Å²) in [6, 6.07) is 10.2. The number of aryl methyl sites for hydroxylation is 1. The highest BCUT2D eigenvalue weighted by molar-refractivity contribution is 6.36. The number of pyridine rings is 1. The SMILES string of the molecule is CC[C@@H](C)CCC1(CC)CCNC(=O)N1.COc1nc(-c2cccc(-c3c(F)ccc(NC(=O)C4=CC=[N+](C)C4=O)c3C)c2Cl)cc2c1C(C)CC2. The lowest BCUT2D eigenvalue weighted by molar-refractivity contribution is -0.405. The monoisotopic (exact) mass is 730 g/mol. The quantitative estimate of drug-likeness (QED) is 0.143. The van der Waals surface area contributed by atoms with Crippen molar-refractivity contribution in [3.63, 3.8) is 0 Å². The molecule has 2 aliphatic heterocycles. The molecule has 11 heteroatoms. The van der Waals surface area contributed by atoms with E-state index in [0.717, 1.165) is 50.1 Å². The number of carbonyl (C=O) groups is 3. The van der Waals surface area contributed by atoms with E-state index >= 15 is 4.39 Å². The van der Waals surface area contributed by atoms with Crippen molar-refractivity contribution in [2.24, 2.45) is 5.92 Å². The first-order valence-electron chi connectivity index (χ1n) is 18.2. The number of carbonyl (C=O) groups excluding carboxylic acids is 3. The molecule has 0 bridgehead atoms. The fourth-order valence-corrected chi connectivity index (χ4v) is 7.51. The zero-order chi connectivity index (χ0) is 37.7. The average Bonchev–Trinajstić information content (AvgIpc) is 3.69. The van der Waals surface area contributed by atoms with E-state index in [9.17, 15) is 14.4 Å². The third kappa shape index (κ3) is 8.07. The summed E-state index contributed by atoms with van der Waals surface area (Å²) in [6.45, 7) is 11.4. The van der Waals surface area contributed by atoms with Gasteiger partial charge in [0.2, 0.25) is 5.88 Å². The minimum Gasteiger partial charge on any atom is -0.481 e. The highest BCUT2D eigenvalue weighted by atomic mass is 35.5.